The molecule has 1 aromatic heterocycles. The smallest absolute Gasteiger partial charge is 0.230 e. The fourth-order valence-corrected chi connectivity index (χ4v) is 3.32. The van der Waals surface area contributed by atoms with Crippen molar-refractivity contribution < 1.29 is 4.79 Å². The van der Waals surface area contributed by atoms with Gasteiger partial charge in [-0.05, 0) is 38.3 Å². The summed E-state index contributed by atoms with van der Waals surface area (Å²) in [6, 6.07) is 10.3. The molecule has 6 heteroatoms. The Bertz CT molecular complexity index is 682. The van der Waals surface area contributed by atoms with E-state index >= 15 is 0 Å². The summed E-state index contributed by atoms with van der Waals surface area (Å²) in [6.45, 7) is 4.16. The average Bonchev–Trinajstić information content (AvgIpc) is 3.33. The highest BCUT2D eigenvalue weighted by Gasteiger charge is 2.30. The Morgan fingerprint density at radius 3 is 2.79 bits per heavy atom. The van der Waals surface area contributed by atoms with Gasteiger partial charge in [-0.1, -0.05) is 43.3 Å². The van der Waals surface area contributed by atoms with Crippen molar-refractivity contribution in [1.29, 1.82) is 0 Å². The molecular formula is C18H24N4OS. The Labute approximate surface area is 147 Å². The van der Waals surface area contributed by atoms with Gasteiger partial charge < -0.3 is 5.32 Å². The molecule has 0 spiro atoms. The van der Waals surface area contributed by atoms with Gasteiger partial charge in [0.15, 0.2) is 0 Å². The SMILES string of the molecule is CCC[C@H](C)NC(=O)CSc1nc(C2CC2)n(-c2ccccc2)n1. The summed E-state index contributed by atoms with van der Waals surface area (Å²) in [5.74, 6) is 1.93. The maximum atomic E-state index is 12.0. The van der Waals surface area contributed by atoms with E-state index in [4.69, 9.17) is 0 Å². The second-order valence-corrected chi connectivity index (χ2v) is 7.26. The number of aromatic nitrogens is 3. The van der Waals surface area contributed by atoms with Crippen molar-refractivity contribution in [3.05, 3.63) is 36.2 Å². The van der Waals surface area contributed by atoms with Gasteiger partial charge in [-0.3, -0.25) is 4.79 Å². The van der Waals surface area contributed by atoms with Crippen molar-refractivity contribution in [1.82, 2.24) is 20.1 Å². The summed E-state index contributed by atoms with van der Waals surface area (Å²) in [5, 5.41) is 8.31. The third-order valence-electron chi connectivity index (χ3n) is 4.02. The Hall–Kier alpha value is -1.82. The number of amides is 1. The maximum Gasteiger partial charge on any atom is 0.230 e. The van der Waals surface area contributed by atoms with E-state index < -0.39 is 0 Å². The fraction of sp³-hybridized carbons (Fsp3) is 0.500. The van der Waals surface area contributed by atoms with Crippen LogP contribution in [0.15, 0.2) is 35.5 Å². The maximum absolute atomic E-state index is 12.0. The van der Waals surface area contributed by atoms with Crippen molar-refractivity contribution in [3.63, 3.8) is 0 Å². The molecule has 24 heavy (non-hydrogen) atoms. The molecule has 0 aliphatic heterocycles. The summed E-state index contributed by atoms with van der Waals surface area (Å²) in [4.78, 5) is 16.7. The molecule has 1 fully saturated rings. The van der Waals surface area contributed by atoms with Crippen LogP contribution in [0.5, 0.6) is 0 Å². The lowest BCUT2D eigenvalue weighted by molar-refractivity contribution is -0.119. The number of hydrogen-bond acceptors (Lipinski definition) is 4. The Morgan fingerprint density at radius 2 is 2.12 bits per heavy atom. The molecule has 1 aromatic carbocycles. The first-order chi connectivity index (χ1) is 11.7. The molecule has 1 heterocycles. The zero-order chi connectivity index (χ0) is 16.9. The molecule has 2 aromatic rings. The molecule has 1 saturated carbocycles. The number of para-hydroxylation sites is 1. The highest BCUT2D eigenvalue weighted by Crippen LogP contribution is 2.40. The minimum atomic E-state index is 0.0463. The van der Waals surface area contributed by atoms with Crippen molar-refractivity contribution in [3.8, 4) is 5.69 Å². The quantitative estimate of drug-likeness (QED) is 0.744. The van der Waals surface area contributed by atoms with Crippen LogP contribution in [-0.2, 0) is 4.79 Å². The second kappa shape index (κ2) is 7.83. The number of nitrogens with one attached hydrogen (secondary N) is 1. The molecule has 1 atom stereocenters. The van der Waals surface area contributed by atoms with E-state index in [0.717, 1.165) is 24.4 Å². The van der Waals surface area contributed by atoms with Crippen LogP contribution < -0.4 is 5.32 Å². The monoisotopic (exact) mass is 344 g/mol. The molecule has 128 valence electrons. The van der Waals surface area contributed by atoms with Crippen molar-refractivity contribution >= 4 is 17.7 Å². The van der Waals surface area contributed by atoms with Gasteiger partial charge in [0, 0.05) is 12.0 Å². The van der Waals surface area contributed by atoms with Crippen LogP contribution in [0.25, 0.3) is 5.69 Å². The van der Waals surface area contributed by atoms with Gasteiger partial charge in [0.25, 0.3) is 0 Å². The van der Waals surface area contributed by atoms with E-state index in [-0.39, 0.29) is 11.9 Å². The molecule has 0 unspecified atom stereocenters. The predicted molar refractivity (Wildman–Crippen MR) is 96.6 cm³/mol. The van der Waals surface area contributed by atoms with Crippen LogP contribution in [0, 0.1) is 0 Å². The number of thioether (sulfide) groups is 1. The number of hydrogen-bond donors (Lipinski definition) is 1. The van der Waals surface area contributed by atoms with Gasteiger partial charge in [-0.25, -0.2) is 9.67 Å². The zero-order valence-electron chi connectivity index (χ0n) is 14.2. The van der Waals surface area contributed by atoms with Crippen LogP contribution >= 0.6 is 11.8 Å². The Morgan fingerprint density at radius 1 is 1.38 bits per heavy atom. The van der Waals surface area contributed by atoms with Crippen LogP contribution in [0.1, 0.15) is 51.3 Å². The van der Waals surface area contributed by atoms with E-state index in [1.807, 2.05) is 41.9 Å². The van der Waals surface area contributed by atoms with Gasteiger partial charge in [-0.15, -0.1) is 5.10 Å². The molecule has 0 radical (unpaired) electrons. The van der Waals surface area contributed by atoms with E-state index in [1.54, 1.807) is 0 Å². The molecule has 1 amide bonds. The van der Waals surface area contributed by atoms with Crippen LogP contribution in [0.4, 0.5) is 0 Å². The van der Waals surface area contributed by atoms with Crippen molar-refractivity contribution in [2.24, 2.45) is 0 Å². The largest absolute Gasteiger partial charge is 0.353 e. The lowest BCUT2D eigenvalue weighted by atomic mass is 10.2. The molecule has 0 saturated heterocycles. The van der Waals surface area contributed by atoms with Crippen molar-refractivity contribution in [2.75, 3.05) is 5.75 Å². The first-order valence-corrected chi connectivity index (χ1v) is 9.60. The van der Waals surface area contributed by atoms with Gasteiger partial charge in [-0.2, -0.15) is 0 Å². The van der Waals surface area contributed by atoms with Crippen LogP contribution in [-0.4, -0.2) is 32.5 Å². The summed E-state index contributed by atoms with van der Waals surface area (Å²) < 4.78 is 1.93. The predicted octanol–water partition coefficient (Wildman–Crippen LogP) is 3.54. The fourth-order valence-electron chi connectivity index (χ4n) is 2.68. The topological polar surface area (TPSA) is 59.8 Å². The minimum absolute atomic E-state index is 0.0463. The van der Waals surface area contributed by atoms with E-state index in [9.17, 15) is 4.79 Å². The molecule has 1 N–H and O–H groups in total. The minimum Gasteiger partial charge on any atom is -0.353 e. The molecule has 1 aliphatic carbocycles. The van der Waals surface area contributed by atoms with E-state index in [0.29, 0.717) is 16.8 Å². The summed E-state index contributed by atoms with van der Waals surface area (Å²) in [5.41, 5.74) is 1.03. The van der Waals surface area contributed by atoms with Crippen LogP contribution in [0.2, 0.25) is 0 Å². The lowest BCUT2D eigenvalue weighted by Crippen LogP contribution is -2.33. The average molecular weight is 344 g/mol. The van der Waals surface area contributed by atoms with Crippen LogP contribution in [0.3, 0.4) is 0 Å². The zero-order valence-corrected chi connectivity index (χ0v) is 15.1. The summed E-state index contributed by atoms with van der Waals surface area (Å²) >= 11 is 1.41. The number of benzene rings is 1. The molecule has 5 nitrogen and oxygen atoms in total. The van der Waals surface area contributed by atoms with Crippen molar-refractivity contribution in [2.45, 2.75) is 56.6 Å². The van der Waals surface area contributed by atoms with Gasteiger partial charge in [0.2, 0.25) is 11.1 Å². The highest BCUT2D eigenvalue weighted by molar-refractivity contribution is 7.99. The van der Waals surface area contributed by atoms with E-state index in [1.165, 1.54) is 24.6 Å². The Balaban J connectivity index is 1.65. The number of nitrogens with zero attached hydrogens (tertiary/aromatic N) is 3. The molecule has 1 aliphatic rings. The first-order valence-electron chi connectivity index (χ1n) is 8.62. The van der Waals surface area contributed by atoms with Gasteiger partial charge in [0.05, 0.1) is 11.4 Å². The first kappa shape index (κ1) is 17.0. The number of carbonyl (C=O) groups excluding carboxylic acids is 1. The normalized spacial score (nSPS) is 15.2. The number of carbonyl (C=O) groups is 1. The van der Waals surface area contributed by atoms with Gasteiger partial charge >= 0.3 is 0 Å². The number of rotatable bonds is 8. The van der Waals surface area contributed by atoms with Gasteiger partial charge in [0.1, 0.15) is 5.82 Å². The second-order valence-electron chi connectivity index (χ2n) is 6.32. The molecule has 3 rings (SSSR count). The third-order valence-corrected chi connectivity index (χ3v) is 4.86. The third kappa shape index (κ3) is 4.38. The molecular weight excluding hydrogens is 320 g/mol. The summed E-state index contributed by atoms with van der Waals surface area (Å²) in [7, 11) is 0. The summed E-state index contributed by atoms with van der Waals surface area (Å²) in [6.07, 6.45) is 4.42. The lowest BCUT2D eigenvalue weighted by Gasteiger charge is -2.11. The molecule has 0 bridgehead atoms. The highest BCUT2D eigenvalue weighted by atomic mass is 32.2. The standard InChI is InChI=1S/C18H24N4OS/c1-3-7-13(2)19-16(23)12-24-18-20-17(14-10-11-14)22(21-18)15-8-5-4-6-9-15/h4-6,8-9,13-14H,3,7,10-12H2,1-2H3,(H,19,23)/t13-/m0/s1. The van der Waals surface area contributed by atoms with E-state index in [2.05, 4.69) is 22.3 Å². The Kier molecular flexibility index (Phi) is 5.56.